The Morgan fingerprint density at radius 2 is 2.15 bits per heavy atom. The highest BCUT2D eigenvalue weighted by atomic mass is 16.5. The predicted molar refractivity (Wildman–Crippen MR) is 73.1 cm³/mol. The molecule has 1 saturated carbocycles. The van der Waals surface area contributed by atoms with Crippen LogP contribution in [0.4, 0.5) is 0 Å². The van der Waals surface area contributed by atoms with Gasteiger partial charge in [-0.2, -0.15) is 0 Å². The summed E-state index contributed by atoms with van der Waals surface area (Å²) in [5.41, 5.74) is 4.40. The van der Waals surface area contributed by atoms with Gasteiger partial charge in [0.1, 0.15) is 11.6 Å². The Hall–Kier alpha value is -1.14. The molecule has 4 unspecified atom stereocenters. The van der Waals surface area contributed by atoms with E-state index in [4.69, 9.17) is 10.5 Å². The Morgan fingerprint density at radius 1 is 1.40 bits per heavy atom. The number of nitrogens with two attached hydrogens (primary N) is 1. The van der Waals surface area contributed by atoms with E-state index in [0.29, 0.717) is 31.7 Å². The highest BCUT2D eigenvalue weighted by molar-refractivity contribution is 5.89. The average Bonchev–Trinajstić information content (AvgIpc) is 2.87. The van der Waals surface area contributed by atoms with Gasteiger partial charge in [0.05, 0.1) is 6.10 Å². The summed E-state index contributed by atoms with van der Waals surface area (Å²) in [7, 11) is 0. The molecule has 6 nitrogen and oxygen atoms in total. The van der Waals surface area contributed by atoms with Crippen molar-refractivity contribution in [3.8, 4) is 0 Å². The van der Waals surface area contributed by atoms with Crippen LogP contribution in [0.1, 0.15) is 45.4 Å². The lowest BCUT2D eigenvalue weighted by Gasteiger charge is -2.37. The normalized spacial score (nSPS) is 37.6. The summed E-state index contributed by atoms with van der Waals surface area (Å²) in [6.45, 7) is 2.42. The van der Waals surface area contributed by atoms with Crippen molar-refractivity contribution in [2.45, 2.75) is 63.2 Å². The summed E-state index contributed by atoms with van der Waals surface area (Å²) >= 11 is 0. The van der Waals surface area contributed by atoms with E-state index in [1.807, 2.05) is 6.92 Å². The van der Waals surface area contributed by atoms with Crippen LogP contribution in [0.2, 0.25) is 0 Å². The fraction of sp³-hybridized carbons (Fsp3) is 0.857. The molecule has 1 aliphatic heterocycles. The molecule has 114 valence electrons. The van der Waals surface area contributed by atoms with Gasteiger partial charge in [-0.15, -0.1) is 0 Å². The first-order chi connectivity index (χ1) is 9.47. The van der Waals surface area contributed by atoms with E-state index < -0.39 is 17.6 Å². The lowest BCUT2D eigenvalue weighted by molar-refractivity contribution is -0.152. The molecule has 1 saturated heterocycles. The zero-order valence-corrected chi connectivity index (χ0v) is 11.9. The lowest BCUT2D eigenvalue weighted by Crippen LogP contribution is -2.58. The van der Waals surface area contributed by atoms with Gasteiger partial charge >= 0.3 is 5.97 Å². The lowest BCUT2D eigenvalue weighted by atomic mass is 9.76. The quantitative estimate of drug-likeness (QED) is 0.703. The topological polar surface area (TPSA) is 102 Å². The van der Waals surface area contributed by atoms with Gasteiger partial charge in [-0.05, 0) is 31.6 Å². The van der Waals surface area contributed by atoms with Crippen LogP contribution in [0, 0.1) is 5.92 Å². The molecular formula is C14H24N2O4. The number of hydrogen-bond donors (Lipinski definition) is 3. The number of carbonyl (C=O) groups is 2. The van der Waals surface area contributed by atoms with Crippen LogP contribution in [0.5, 0.6) is 0 Å². The third kappa shape index (κ3) is 3.12. The molecule has 0 aromatic heterocycles. The molecule has 2 fully saturated rings. The van der Waals surface area contributed by atoms with Crippen LogP contribution >= 0.6 is 0 Å². The number of ether oxygens (including phenoxy) is 1. The maximum atomic E-state index is 12.3. The fourth-order valence-corrected chi connectivity index (χ4v) is 3.30. The molecule has 1 amide bonds. The SMILES string of the molecule is CC1CCCC(NC(=O)C2CCC(CN)O2)(C(=O)O)C1. The van der Waals surface area contributed by atoms with E-state index in [-0.39, 0.29) is 12.0 Å². The van der Waals surface area contributed by atoms with Crippen LogP contribution in [-0.4, -0.2) is 41.3 Å². The monoisotopic (exact) mass is 284 g/mol. The van der Waals surface area contributed by atoms with Crippen LogP contribution < -0.4 is 11.1 Å². The summed E-state index contributed by atoms with van der Waals surface area (Å²) in [4.78, 5) is 23.9. The molecule has 1 aliphatic carbocycles. The van der Waals surface area contributed by atoms with Crippen LogP contribution in [0.3, 0.4) is 0 Å². The number of aliphatic carboxylic acids is 1. The largest absolute Gasteiger partial charge is 0.480 e. The third-order valence-corrected chi connectivity index (χ3v) is 4.43. The average molecular weight is 284 g/mol. The first kappa shape index (κ1) is 15.3. The molecule has 0 bridgehead atoms. The second-order valence-corrected chi connectivity index (χ2v) is 6.14. The van der Waals surface area contributed by atoms with E-state index in [1.165, 1.54) is 0 Å². The minimum atomic E-state index is -1.13. The molecule has 0 radical (unpaired) electrons. The van der Waals surface area contributed by atoms with Crippen LogP contribution in [0.25, 0.3) is 0 Å². The summed E-state index contributed by atoms with van der Waals surface area (Å²) in [5.74, 6) is -0.940. The smallest absolute Gasteiger partial charge is 0.329 e. The number of amides is 1. The minimum Gasteiger partial charge on any atom is -0.480 e. The number of carboxylic acids is 1. The molecule has 0 aromatic rings. The van der Waals surface area contributed by atoms with Gasteiger partial charge in [-0.25, -0.2) is 4.79 Å². The first-order valence-electron chi connectivity index (χ1n) is 7.38. The van der Waals surface area contributed by atoms with Crippen molar-refractivity contribution >= 4 is 11.9 Å². The molecule has 20 heavy (non-hydrogen) atoms. The second kappa shape index (κ2) is 6.10. The van der Waals surface area contributed by atoms with Crippen LogP contribution in [0.15, 0.2) is 0 Å². The predicted octanol–water partition coefficient (Wildman–Crippen LogP) is 0.642. The number of carboxylic acid groups (broad SMARTS) is 1. The van der Waals surface area contributed by atoms with Gasteiger partial charge in [-0.3, -0.25) is 4.79 Å². The van der Waals surface area contributed by atoms with Crippen molar-refractivity contribution < 1.29 is 19.4 Å². The molecule has 0 spiro atoms. The van der Waals surface area contributed by atoms with Crippen molar-refractivity contribution in [1.82, 2.24) is 5.32 Å². The van der Waals surface area contributed by atoms with Crippen molar-refractivity contribution in [1.29, 1.82) is 0 Å². The maximum Gasteiger partial charge on any atom is 0.329 e. The molecule has 6 heteroatoms. The summed E-state index contributed by atoms with van der Waals surface area (Å²) in [6, 6.07) is 0. The number of rotatable bonds is 4. The van der Waals surface area contributed by atoms with E-state index >= 15 is 0 Å². The zero-order chi connectivity index (χ0) is 14.8. The molecule has 4 N–H and O–H groups in total. The summed E-state index contributed by atoms with van der Waals surface area (Å²) in [6.07, 6.45) is 3.54. The van der Waals surface area contributed by atoms with Crippen molar-refractivity contribution in [3.05, 3.63) is 0 Å². The van der Waals surface area contributed by atoms with Gasteiger partial charge in [0.25, 0.3) is 0 Å². The van der Waals surface area contributed by atoms with Crippen molar-refractivity contribution in [3.63, 3.8) is 0 Å². The van der Waals surface area contributed by atoms with E-state index in [9.17, 15) is 14.7 Å². The van der Waals surface area contributed by atoms with Gasteiger partial charge in [0.15, 0.2) is 0 Å². The Balaban J connectivity index is 2.01. The summed E-state index contributed by atoms with van der Waals surface area (Å²) in [5, 5.41) is 12.3. The summed E-state index contributed by atoms with van der Waals surface area (Å²) < 4.78 is 5.54. The highest BCUT2D eigenvalue weighted by Crippen LogP contribution is 2.33. The Morgan fingerprint density at radius 3 is 2.70 bits per heavy atom. The Bertz CT molecular complexity index is 387. The Labute approximate surface area is 119 Å². The Kier molecular flexibility index (Phi) is 4.65. The fourth-order valence-electron chi connectivity index (χ4n) is 3.30. The minimum absolute atomic E-state index is 0.0863. The molecule has 2 aliphatic rings. The first-order valence-corrected chi connectivity index (χ1v) is 7.38. The van der Waals surface area contributed by atoms with Gasteiger partial charge in [-0.1, -0.05) is 19.8 Å². The maximum absolute atomic E-state index is 12.3. The zero-order valence-electron chi connectivity index (χ0n) is 11.9. The molecule has 4 atom stereocenters. The standard InChI is InChI=1S/C14H24N2O4/c1-9-3-2-6-14(7-9,13(18)19)16-12(17)11-5-4-10(8-15)20-11/h9-11H,2-8,15H2,1H3,(H,16,17)(H,18,19). The number of carbonyl (C=O) groups excluding carboxylic acids is 1. The third-order valence-electron chi connectivity index (χ3n) is 4.43. The molecule has 2 rings (SSSR count). The molecule has 0 aromatic carbocycles. The van der Waals surface area contributed by atoms with Crippen molar-refractivity contribution in [2.75, 3.05) is 6.54 Å². The van der Waals surface area contributed by atoms with Crippen LogP contribution in [-0.2, 0) is 14.3 Å². The second-order valence-electron chi connectivity index (χ2n) is 6.14. The molecule has 1 heterocycles. The highest BCUT2D eigenvalue weighted by Gasteiger charge is 2.45. The number of nitrogens with one attached hydrogen (secondary N) is 1. The van der Waals surface area contributed by atoms with E-state index in [2.05, 4.69) is 5.32 Å². The number of hydrogen-bond acceptors (Lipinski definition) is 4. The molecular weight excluding hydrogens is 260 g/mol. The van der Waals surface area contributed by atoms with Gasteiger partial charge in [0, 0.05) is 6.54 Å². The van der Waals surface area contributed by atoms with Gasteiger partial charge < -0.3 is 20.9 Å². The van der Waals surface area contributed by atoms with Gasteiger partial charge in [0.2, 0.25) is 5.91 Å². The van der Waals surface area contributed by atoms with Crippen molar-refractivity contribution in [2.24, 2.45) is 11.7 Å². The van der Waals surface area contributed by atoms with E-state index in [0.717, 1.165) is 19.3 Å². The van der Waals surface area contributed by atoms with E-state index in [1.54, 1.807) is 0 Å².